The zero-order chi connectivity index (χ0) is 26.6. The van der Waals surface area contributed by atoms with Gasteiger partial charge in [-0.1, -0.05) is 45.7 Å². The van der Waals surface area contributed by atoms with Gasteiger partial charge in [0.1, 0.15) is 17.0 Å². The van der Waals surface area contributed by atoms with Crippen molar-refractivity contribution in [3.05, 3.63) is 86.8 Å². The third kappa shape index (κ3) is 4.07. The van der Waals surface area contributed by atoms with Gasteiger partial charge in [-0.2, -0.15) is 0 Å². The van der Waals surface area contributed by atoms with E-state index in [1.807, 2.05) is 0 Å². The van der Waals surface area contributed by atoms with E-state index in [2.05, 4.69) is 21.2 Å². The fourth-order valence-corrected chi connectivity index (χ4v) is 5.94. The number of imide groups is 1. The van der Waals surface area contributed by atoms with Gasteiger partial charge in [0.2, 0.25) is 11.8 Å². The number of hydrogen-bond acceptors (Lipinski definition) is 6. The number of hydrogen-bond donors (Lipinski definition) is 4. The molecular formula is C27H22BrClN2O6. The van der Waals surface area contributed by atoms with E-state index in [1.54, 1.807) is 43.3 Å². The normalized spacial score (nSPS) is 24.9. The number of phenols is 2. The van der Waals surface area contributed by atoms with Crippen molar-refractivity contribution in [2.45, 2.75) is 24.9 Å². The summed E-state index contributed by atoms with van der Waals surface area (Å²) in [5, 5.41) is 34.4. The highest BCUT2D eigenvalue weighted by Gasteiger charge is 2.69. The Kier molecular flexibility index (Phi) is 6.26. The molecule has 190 valence electrons. The van der Waals surface area contributed by atoms with Crippen LogP contribution >= 0.6 is 27.5 Å². The maximum Gasteiger partial charge on any atom is 0.325 e. The number of rotatable bonds is 5. The van der Waals surface area contributed by atoms with E-state index in [-0.39, 0.29) is 23.6 Å². The summed E-state index contributed by atoms with van der Waals surface area (Å²) in [4.78, 5) is 41.8. The van der Waals surface area contributed by atoms with Crippen LogP contribution in [0.15, 0.2) is 65.1 Å². The summed E-state index contributed by atoms with van der Waals surface area (Å²) in [5.74, 6) is -5.08. The average Bonchev–Trinajstić information content (AvgIpc) is 3.33. The number of carbonyl (C=O) groups is 3. The van der Waals surface area contributed by atoms with Gasteiger partial charge < -0.3 is 15.3 Å². The number of nitrogens with one attached hydrogen (secondary N) is 1. The van der Waals surface area contributed by atoms with Crippen molar-refractivity contribution in [1.82, 2.24) is 5.32 Å². The fraction of sp³-hybridized carbons (Fsp3) is 0.222. The molecule has 2 aliphatic rings. The maximum absolute atomic E-state index is 13.9. The Morgan fingerprint density at radius 1 is 1.05 bits per heavy atom. The number of fused-ring (bicyclic) bond motifs is 1. The molecule has 0 bridgehead atoms. The molecule has 5 rings (SSSR count). The minimum atomic E-state index is -1.88. The molecule has 3 aromatic rings. The van der Waals surface area contributed by atoms with Crippen LogP contribution in [0.2, 0.25) is 5.02 Å². The highest BCUT2D eigenvalue weighted by Crippen LogP contribution is 2.52. The molecule has 3 aromatic carbocycles. The topological polar surface area (TPSA) is 127 Å². The maximum atomic E-state index is 13.9. The van der Waals surface area contributed by atoms with Gasteiger partial charge in [0, 0.05) is 27.5 Å². The Morgan fingerprint density at radius 3 is 2.41 bits per heavy atom. The number of carboxylic acids is 1. The molecule has 0 aliphatic carbocycles. The number of nitrogens with zero attached hydrogens (tertiary/aromatic N) is 1. The van der Waals surface area contributed by atoms with Crippen molar-refractivity contribution >= 4 is 51.0 Å². The Balaban J connectivity index is 1.68. The summed E-state index contributed by atoms with van der Waals surface area (Å²) < 4.78 is 0.615. The molecule has 4 N–H and O–H groups in total. The van der Waals surface area contributed by atoms with E-state index in [0.29, 0.717) is 20.6 Å². The lowest BCUT2D eigenvalue weighted by Crippen LogP contribution is -2.57. The number of aromatic hydroxyl groups is 2. The predicted molar refractivity (Wildman–Crippen MR) is 140 cm³/mol. The summed E-state index contributed by atoms with van der Waals surface area (Å²) in [6, 6.07) is 14.5. The van der Waals surface area contributed by atoms with Gasteiger partial charge in [-0.05, 0) is 60.5 Å². The van der Waals surface area contributed by atoms with Crippen LogP contribution in [0.5, 0.6) is 11.5 Å². The number of amides is 2. The number of carboxylic acid groups (broad SMARTS) is 1. The Bertz CT molecular complexity index is 1450. The highest BCUT2D eigenvalue weighted by molar-refractivity contribution is 9.10. The number of carbonyl (C=O) groups excluding carboxylic acids is 2. The molecule has 4 atom stereocenters. The molecule has 2 aliphatic heterocycles. The van der Waals surface area contributed by atoms with Gasteiger partial charge in [0.05, 0.1) is 17.5 Å². The third-order valence-electron chi connectivity index (χ3n) is 7.19. The standard InChI is InChI=1S/C27H22BrClN2O6/c1-13-2-6-16(11-19(13)29)31-24(34)21-22(25(31)35)27(26(36)37,12-14-3-7-17(32)8-4-14)30-23(21)18-10-15(28)5-9-20(18)33/h2-11,21-23,30,32-33H,12H2,1H3,(H,36,37). The molecule has 4 unspecified atom stereocenters. The zero-order valence-electron chi connectivity index (χ0n) is 19.5. The van der Waals surface area contributed by atoms with Gasteiger partial charge >= 0.3 is 5.97 Å². The molecule has 0 saturated carbocycles. The first-order chi connectivity index (χ1) is 17.5. The van der Waals surface area contributed by atoms with Crippen molar-refractivity contribution in [3.63, 3.8) is 0 Å². The van der Waals surface area contributed by atoms with E-state index < -0.39 is 41.2 Å². The SMILES string of the molecule is Cc1ccc(N2C(=O)C3C(c4cc(Br)ccc4O)NC(Cc4ccc(O)cc4)(C(=O)O)C3C2=O)cc1Cl. The molecule has 8 nitrogen and oxygen atoms in total. The number of anilines is 1. The van der Waals surface area contributed by atoms with Crippen molar-refractivity contribution in [3.8, 4) is 11.5 Å². The molecular weight excluding hydrogens is 564 g/mol. The summed E-state index contributed by atoms with van der Waals surface area (Å²) in [5.41, 5.74) is -0.0284. The molecule has 2 fully saturated rings. The minimum absolute atomic E-state index is 0.0110. The Hall–Kier alpha value is -3.40. The second-order valence-corrected chi connectivity index (χ2v) is 10.7. The van der Waals surface area contributed by atoms with E-state index in [4.69, 9.17) is 11.6 Å². The van der Waals surface area contributed by atoms with Gasteiger partial charge in [0.15, 0.2) is 0 Å². The van der Waals surface area contributed by atoms with Gasteiger partial charge in [-0.25, -0.2) is 4.90 Å². The van der Waals surface area contributed by atoms with Crippen LogP contribution in [-0.4, -0.2) is 38.6 Å². The molecule has 37 heavy (non-hydrogen) atoms. The average molecular weight is 586 g/mol. The lowest BCUT2D eigenvalue weighted by Gasteiger charge is -2.31. The number of phenolic OH excluding ortho intramolecular Hbond substituents is 2. The smallest absolute Gasteiger partial charge is 0.325 e. The Morgan fingerprint density at radius 2 is 1.76 bits per heavy atom. The largest absolute Gasteiger partial charge is 0.508 e. The molecule has 10 heteroatoms. The van der Waals surface area contributed by atoms with E-state index in [1.165, 1.54) is 24.3 Å². The third-order valence-corrected chi connectivity index (χ3v) is 8.09. The van der Waals surface area contributed by atoms with Crippen LogP contribution in [0.1, 0.15) is 22.7 Å². The minimum Gasteiger partial charge on any atom is -0.508 e. The van der Waals surface area contributed by atoms with Crippen molar-refractivity contribution in [2.24, 2.45) is 11.8 Å². The molecule has 0 radical (unpaired) electrons. The van der Waals surface area contributed by atoms with Crippen LogP contribution in [0.3, 0.4) is 0 Å². The van der Waals surface area contributed by atoms with E-state index in [0.717, 1.165) is 10.5 Å². The second kappa shape index (κ2) is 9.16. The quantitative estimate of drug-likeness (QED) is 0.328. The summed E-state index contributed by atoms with van der Waals surface area (Å²) in [6.07, 6.45) is -0.142. The zero-order valence-corrected chi connectivity index (χ0v) is 21.8. The molecule has 0 spiro atoms. The molecule has 0 aromatic heterocycles. The van der Waals surface area contributed by atoms with Gasteiger partial charge in [-0.15, -0.1) is 0 Å². The first kappa shape index (κ1) is 25.3. The molecule has 2 saturated heterocycles. The van der Waals surface area contributed by atoms with Crippen LogP contribution in [-0.2, 0) is 20.8 Å². The first-order valence-electron chi connectivity index (χ1n) is 11.4. The lowest BCUT2D eigenvalue weighted by atomic mass is 9.76. The first-order valence-corrected chi connectivity index (χ1v) is 12.6. The van der Waals surface area contributed by atoms with Crippen LogP contribution in [0.4, 0.5) is 5.69 Å². The summed E-state index contributed by atoms with van der Waals surface area (Å²) in [7, 11) is 0. The van der Waals surface area contributed by atoms with Crippen molar-refractivity contribution in [1.29, 1.82) is 0 Å². The summed E-state index contributed by atoms with van der Waals surface area (Å²) in [6.45, 7) is 1.79. The predicted octanol–water partition coefficient (Wildman–Crippen LogP) is 4.34. The van der Waals surface area contributed by atoms with Gasteiger partial charge in [0.25, 0.3) is 0 Å². The molecule has 2 amide bonds. The summed E-state index contributed by atoms with van der Waals surface area (Å²) >= 11 is 9.65. The van der Waals surface area contributed by atoms with Gasteiger partial charge in [-0.3, -0.25) is 19.7 Å². The monoisotopic (exact) mass is 584 g/mol. The second-order valence-electron chi connectivity index (χ2n) is 9.39. The van der Waals surface area contributed by atoms with Crippen LogP contribution < -0.4 is 10.2 Å². The fourth-order valence-electron chi connectivity index (χ4n) is 5.39. The van der Waals surface area contributed by atoms with Crippen LogP contribution in [0, 0.1) is 18.8 Å². The van der Waals surface area contributed by atoms with Crippen molar-refractivity contribution < 1.29 is 29.7 Å². The van der Waals surface area contributed by atoms with Crippen molar-refractivity contribution in [2.75, 3.05) is 4.90 Å². The molecule has 2 heterocycles. The number of benzene rings is 3. The van der Waals surface area contributed by atoms with E-state index in [9.17, 15) is 29.7 Å². The van der Waals surface area contributed by atoms with E-state index >= 15 is 0 Å². The lowest BCUT2D eigenvalue weighted by molar-refractivity contribution is -0.148. The number of aryl methyl sites for hydroxylation is 1. The number of aliphatic carboxylic acids is 1. The highest BCUT2D eigenvalue weighted by atomic mass is 79.9. The number of halogens is 2. The Labute approximate surface area is 225 Å². The van der Waals surface area contributed by atoms with Crippen LogP contribution in [0.25, 0.3) is 0 Å².